The molecule has 0 radical (unpaired) electrons. The Hall–Kier alpha value is -1.61. The van der Waals surface area contributed by atoms with E-state index in [4.69, 9.17) is 0 Å². The van der Waals surface area contributed by atoms with Gasteiger partial charge in [-0.2, -0.15) is 5.10 Å². The van der Waals surface area contributed by atoms with Crippen LogP contribution in [0.3, 0.4) is 0 Å². The summed E-state index contributed by atoms with van der Waals surface area (Å²) in [6.45, 7) is 8.70. The molecule has 2 rings (SSSR count). The number of aromatic nitrogens is 2. The highest BCUT2D eigenvalue weighted by molar-refractivity contribution is 5.32. The van der Waals surface area contributed by atoms with Crippen LogP contribution in [0.25, 0.3) is 0 Å². The molecule has 0 aliphatic rings. The summed E-state index contributed by atoms with van der Waals surface area (Å²) in [5, 5.41) is 7.86. The van der Waals surface area contributed by atoms with Gasteiger partial charge in [0.2, 0.25) is 0 Å². The van der Waals surface area contributed by atoms with Gasteiger partial charge in [-0.3, -0.25) is 4.68 Å². The van der Waals surface area contributed by atoms with E-state index in [9.17, 15) is 0 Å². The number of nitrogens with one attached hydrogen (secondary N) is 1. The lowest BCUT2D eigenvalue weighted by atomic mass is 9.99. The second kappa shape index (κ2) is 5.57. The van der Waals surface area contributed by atoms with Gasteiger partial charge in [0.05, 0.1) is 5.69 Å². The van der Waals surface area contributed by atoms with Crippen LogP contribution >= 0.6 is 0 Å². The quantitative estimate of drug-likeness (QED) is 0.909. The van der Waals surface area contributed by atoms with Crippen molar-refractivity contribution in [1.29, 1.82) is 0 Å². The highest BCUT2D eigenvalue weighted by Gasteiger charge is 2.14. The van der Waals surface area contributed by atoms with Crippen LogP contribution in [0.5, 0.6) is 0 Å². The van der Waals surface area contributed by atoms with Gasteiger partial charge in [0, 0.05) is 25.3 Å². The van der Waals surface area contributed by atoms with Gasteiger partial charge in [0.25, 0.3) is 0 Å². The van der Waals surface area contributed by atoms with Crippen LogP contribution in [0.1, 0.15) is 48.3 Å². The van der Waals surface area contributed by atoms with E-state index in [0.29, 0.717) is 6.04 Å². The second-order valence-corrected chi connectivity index (χ2v) is 5.35. The SMILES string of the molecule is Cc1ccc(C(C)NC(C)c2ccnn2C)c(C)c1. The fourth-order valence-corrected chi connectivity index (χ4v) is 2.67. The van der Waals surface area contributed by atoms with Crippen molar-refractivity contribution in [3.05, 3.63) is 52.8 Å². The summed E-state index contributed by atoms with van der Waals surface area (Å²) in [6, 6.07) is 9.30. The van der Waals surface area contributed by atoms with Crippen molar-refractivity contribution in [3.8, 4) is 0 Å². The summed E-state index contributed by atoms with van der Waals surface area (Å²) in [4.78, 5) is 0. The standard InChI is InChI=1S/C16H23N3/c1-11-6-7-15(12(2)10-11)13(3)18-14(4)16-8-9-17-19(16)5/h6-10,13-14,18H,1-5H3. The minimum atomic E-state index is 0.281. The highest BCUT2D eigenvalue weighted by Crippen LogP contribution is 2.22. The Balaban J connectivity index is 2.13. The first-order valence-corrected chi connectivity index (χ1v) is 6.80. The first-order valence-electron chi connectivity index (χ1n) is 6.80. The van der Waals surface area contributed by atoms with Crippen LogP contribution in [-0.4, -0.2) is 9.78 Å². The zero-order chi connectivity index (χ0) is 14.0. The fraction of sp³-hybridized carbons (Fsp3) is 0.438. The molecule has 2 aromatic rings. The minimum Gasteiger partial charge on any atom is -0.302 e. The molecule has 0 bridgehead atoms. The topological polar surface area (TPSA) is 29.9 Å². The molecule has 3 nitrogen and oxygen atoms in total. The lowest BCUT2D eigenvalue weighted by molar-refractivity contribution is 0.468. The van der Waals surface area contributed by atoms with Gasteiger partial charge in [-0.25, -0.2) is 0 Å². The Labute approximate surface area is 115 Å². The van der Waals surface area contributed by atoms with Crippen molar-refractivity contribution in [2.24, 2.45) is 7.05 Å². The zero-order valence-electron chi connectivity index (χ0n) is 12.4. The molecule has 1 aromatic carbocycles. The van der Waals surface area contributed by atoms with E-state index in [1.807, 2.05) is 17.9 Å². The Bertz CT molecular complexity index is 557. The maximum Gasteiger partial charge on any atom is 0.0547 e. The van der Waals surface area contributed by atoms with Crippen LogP contribution in [0.2, 0.25) is 0 Å². The largest absolute Gasteiger partial charge is 0.302 e. The molecule has 102 valence electrons. The Morgan fingerprint density at radius 3 is 2.42 bits per heavy atom. The van der Waals surface area contributed by atoms with Crippen molar-refractivity contribution in [1.82, 2.24) is 15.1 Å². The molecule has 3 heteroatoms. The summed E-state index contributed by atoms with van der Waals surface area (Å²) in [7, 11) is 1.98. The second-order valence-electron chi connectivity index (χ2n) is 5.35. The molecule has 1 aromatic heterocycles. The molecule has 0 saturated heterocycles. The van der Waals surface area contributed by atoms with Crippen molar-refractivity contribution < 1.29 is 0 Å². The van der Waals surface area contributed by atoms with E-state index in [2.05, 4.69) is 62.4 Å². The summed E-state index contributed by atoms with van der Waals surface area (Å²) in [5.41, 5.74) is 5.22. The van der Waals surface area contributed by atoms with Gasteiger partial charge >= 0.3 is 0 Å². The number of hydrogen-bond donors (Lipinski definition) is 1. The van der Waals surface area contributed by atoms with Crippen LogP contribution in [0, 0.1) is 13.8 Å². The molecule has 0 aliphatic carbocycles. The summed E-state index contributed by atoms with van der Waals surface area (Å²) < 4.78 is 1.92. The zero-order valence-corrected chi connectivity index (χ0v) is 12.4. The van der Waals surface area contributed by atoms with Gasteiger partial charge in [0.1, 0.15) is 0 Å². The van der Waals surface area contributed by atoms with Crippen molar-refractivity contribution in [3.63, 3.8) is 0 Å². The van der Waals surface area contributed by atoms with E-state index < -0.39 is 0 Å². The Morgan fingerprint density at radius 2 is 1.84 bits per heavy atom. The smallest absolute Gasteiger partial charge is 0.0547 e. The molecule has 0 spiro atoms. The molecular formula is C16H23N3. The summed E-state index contributed by atoms with van der Waals surface area (Å²) in [5.74, 6) is 0. The van der Waals surface area contributed by atoms with Crippen LogP contribution in [0.15, 0.2) is 30.5 Å². The molecule has 1 N–H and O–H groups in total. The van der Waals surface area contributed by atoms with Gasteiger partial charge in [0.15, 0.2) is 0 Å². The predicted octanol–water partition coefficient (Wildman–Crippen LogP) is 3.45. The minimum absolute atomic E-state index is 0.281. The molecule has 1 heterocycles. The van der Waals surface area contributed by atoms with E-state index in [0.717, 1.165) is 0 Å². The van der Waals surface area contributed by atoms with Gasteiger partial charge in [-0.15, -0.1) is 0 Å². The third-order valence-electron chi connectivity index (χ3n) is 3.69. The molecular weight excluding hydrogens is 234 g/mol. The van der Waals surface area contributed by atoms with Crippen LogP contribution < -0.4 is 5.32 Å². The number of rotatable bonds is 4. The van der Waals surface area contributed by atoms with Gasteiger partial charge < -0.3 is 5.32 Å². The van der Waals surface area contributed by atoms with Crippen molar-refractivity contribution >= 4 is 0 Å². The van der Waals surface area contributed by atoms with Gasteiger partial charge in [-0.1, -0.05) is 23.8 Å². The van der Waals surface area contributed by atoms with Gasteiger partial charge in [-0.05, 0) is 44.9 Å². The summed E-state index contributed by atoms with van der Waals surface area (Å²) in [6.07, 6.45) is 1.84. The molecule has 19 heavy (non-hydrogen) atoms. The highest BCUT2D eigenvalue weighted by atomic mass is 15.3. The van der Waals surface area contributed by atoms with E-state index in [-0.39, 0.29) is 6.04 Å². The molecule has 2 atom stereocenters. The molecule has 0 saturated carbocycles. The first-order chi connectivity index (χ1) is 8.99. The lowest BCUT2D eigenvalue weighted by Crippen LogP contribution is -2.24. The average Bonchev–Trinajstić information content (AvgIpc) is 2.75. The first kappa shape index (κ1) is 13.8. The number of hydrogen-bond acceptors (Lipinski definition) is 2. The summed E-state index contributed by atoms with van der Waals surface area (Å²) >= 11 is 0. The van der Waals surface area contributed by atoms with Crippen LogP contribution in [-0.2, 0) is 7.05 Å². The molecule has 0 fully saturated rings. The van der Waals surface area contributed by atoms with Crippen molar-refractivity contribution in [2.75, 3.05) is 0 Å². The molecule has 0 aliphatic heterocycles. The monoisotopic (exact) mass is 257 g/mol. The third kappa shape index (κ3) is 3.04. The third-order valence-corrected chi connectivity index (χ3v) is 3.69. The number of nitrogens with zero attached hydrogens (tertiary/aromatic N) is 2. The van der Waals surface area contributed by atoms with Crippen molar-refractivity contribution in [2.45, 2.75) is 39.8 Å². The normalized spacial score (nSPS) is 14.4. The molecule has 0 amide bonds. The molecule has 2 unspecified atom stereocenters. The number of benzene rings is 1. The van der Waals surface area contributed by atoms with E-state index >= 15 is 0 Å². The lowest BCUT2D eigenvalue weighted by Gasteiger charge is -2.22. The van der Waals surface area contributed by atoms with E-state index in [1.165, 1.54) is 22.4 Å². The number of aryl methyl sites for hydroxylation is 3. The Morgan fingerprint density at radius 1 is 1.11 bits per heavy atom. The average molecular weight is 257 g/mol. The maximum absolute atomic E-state index is 4.22. The van der Waals surface area contributed by atoms with Crippen LogP contribution in [0.4, 0.5) is 0 Å². The predicted molar refractivity (Wildman–Crippen MR) is 79.1 cm³/mol. The fourth-order valence-electron chi connectivity index (χ4n) is 2.67. The van der Waals surface area contributed by atoms with E-state index in [1.54, 1.807) is 0 Å². The maximum atomic E-state index is 4.22. The Kier molecular flexibility index (Phi) is 4.05.